The number of thioether (sulfide) groups is 1. The van der Waals surface area contributed by atoms with Gasteiger partial charge in [-0.25, -0.2) is 4.98 Å². The molecule has 0 aliphatic carbocycles. The zero-order valence-electron chi connectivity index (χ0n) is 11.6. The minimum absolute atomic E-state index is 0.0419. The molecule has 0 aliphatic heterocycles. The Balaban J connectivity index is 2.50. The topological polar surface area (TPSA) is 62.2 Å². The Bertz CT molecular complexity index is 463. The van der Waals surface area contributed by atoms with Crippen LogP contribution in [-0.4, -0.2) is 33.9 Å². The first kappa shape index (κ1) is 17.8. The van der Waals surface area contributed by atoms with Gasteiger partial charge in [-0.1, -0.05) is 13.8 Å². The highest BCUT2D eigenvalue weighted by atomic mass is 32.2. The second-order valence-electron chi connectivity index (χ2n) is 4.73. The molecule has 0 spiro atoms. The van der Waals surface area contributed by atoms with Crippen molar-refractivity contribution in [2.24, 2.45) is 0 Å². The van der Waals surface area contributed by atoms with E-state index in [1.54, 1.807) is 0 Å². The van der Waals surface area contributed by atoms with Gasteiger partial charge >= 0.3 is 12.1 Å². The number of nitrogens with one attached hydrogen (secondary N) is 1. The fraction of sp³-hybridized carbons (Fsp3) is 0.538. The van der Waals surface area contributed by atoms with E-state index in [0.29, 0.717) is 17.2 Å². The summed E-state index contributed by atoms with van der Waals surface area (Å²) in [6.45, 7) is 3.70. The number of aliphatic carboxylic acids is 1. The van der Waals surface area contributed by atoms with E-state index < -0.39 is 23.8 Å². The first-order chi connectivity index (χ1) is 9.70. The lowest BCUT2D eigenvalue weighted by molar-refractivity contribution is -0.140. The number of pyridine rings is 1. The van der Waals surface area contributed by atoms with Gasteiger partial charge in [-0.3, -0.25) is 4.79 Å². The minimum Gasteiger partial charge on any atom is -0.480 e. The van der Waals surface area contributed by atoms with Gasteiger partial charge in [0, 0.05) is 18.0 Å². The molecule has 0 bridgehead atoms. The van der Waals surface area contributed by atoms with Crippen molar-refractivity contribution in [1.29, 1.82) is 0 Å². The fourth-order valence-corrected chi connectivity index (χ4v) is 2.45. The van der Waals surface area contributed by atoms with Crippen LogP contribution in [0.1, 0.15) is 25.8 Å². The summed E-state index contributed by atoms with van der Waals surface area (Å²) in [5.74, 6) is -0.487. The first-order valence-corrected chi connectivity index (χ1v) is 7.33. The van der Waals surface area contributed by atoms with Gasteiger partial charge in [0.2, 0.25) is 0 Å². The normalized spacial score (nSPS) is 13.4. The average molecular weight is 322 g/mol. The number of rotatable bonds is 7. The summed E-state index contributed by atoms with van der Waals surface area (Å²) in [5, 5.41) is 12.4. The Morgan fingerprint density at radius 3 is 2.52 bits per heavy atom. The molecule has 0 aromatic carbocycles. The summed E-state index contributed by atoms with van der Waals surface area (Å²) in [7, 11) is 0. The fourth-order valence-electron chi connectivity index (χ4n) is 1.60. The molecule has 0 saturated carbocycles. The lowest BCUT2D eigenvalue weighted by atomic mass is 10.2. The largest absolute Gasteiger partial charge is 0.480 e. The highest BCUT2D eigenvalue weighted by Crippen LogP contribution is 2.29. The Morgan fingerprint density at radius 2 is 2.10 bits per heavy atom. The SMILES string of the molecule is CC(C)NC(CCSc1ccc(C(F)(F)F)cn1)C(=O)O. The molecule has 1 atom stereocenters. The van der Waals surface area contributed by atoms with E-state index in [0.717, 1.165) is 12.3 Å². The molecule has 118 valence electrons. The van der Waals surface area contributed by atoms with E-state index in [-0.39, 0.29) is 6.04 Å². The van der Waals surface area contributed by atoms with Crippen molar-refractivity contribution >= 4 is 17.7 Å². The van der Waals surface area contributed by atoms with Gasteiger partial charge in [-0.15, -0.1) is 11.8 Å². The van der Waals surface area contributed by atoms with Crippen molar-refractivity contribution in [3.63, 3.8) is 0 Å². The van der Waals surface area contributed by atoms with Crippen LogP contribution in [0.3, 0.4) is 0 Å². The lowest BCUT2D eigenvalue weighted by Crippen LogP contribution is -2.41. The maximum Gasteiger partial charge on any atom is 0.417 e. The molecule has 21 heavy (non-hydrogen) atoms. The first-order valence-electron chi connectivity index (χ1n) is 6.35. The van der Waals surface area contributed by atoms with Crippen molar-refractivity contribution in [3.8, 4) is 0 Å². The zero-order chi connectivity index (χ0) is 16.0. The van der Waals surface area contributed by atoms with Gasteiger partial charge in [-0.2, -0.15) is 13.2 Å². The van der Waals surface area contributed by atoms with Gasteiger partial charge in [0.15, 0.2) is 0 Å². The van der Waals surface area contributed by atoms with Crippen LogP contribution in [0.5, 0.6) is 0 Å². The number of halogens is 3. The highest BCUT2D eigenvalue weighted by molar-refractivity contribution is 7.99. The van der Waals surface area contributed by atoms with Crippen LogP contribution in [0.4, 0.5) is 13.2 Å². The molecule has 0 saturated heterocycles. The quantitative estimate of drug-likeness (QED) is 0.756. The summed E-state index contributed by atoms with van der Waals surface area (Å²) in [5.41, 5.74) is -0.795. The molecule has 1 heterocycles. The van der Waals surface area contributed by atoms with Crippen LogP contribution < -0.4 is 5.32 Å². The van der Waals surface area contributed by atoms with E-state index in [1.165, 1.54) is 17.8 Å². The zero-order valence-corrected chi connectivity index (χ0v) is 12.5. The Labute approximate surface area is 125 Å². The summed E-state index contributed by atoms with van der Waals surface area (Å²) in [4.78, 5) is 14.7. The van der Waals surface area contributed by atoms with Gasteiger partial charge < -0.3 is 10.4 Å². The van der Waals surface area contributed by atoms with Crippen LogP contribution in [0, 0.1) is 0 Å². The van der Waals surface area contributed by atoms with Crippen LogP contribution in [0.25, 0.3) is 0 Å². The number of nitrogens with zero attached hydrogens (tertiary/aromatic N) is 1. The molecule has 1 rings (SSSR count). The standard InChI is InChI=1S/C13H17F3N2O2S/c1-8(2)18-10(12(19)20)5-6-21-11-4-3-9(7-17-11)13(14,15)16/h3-4,7-8,10,18H,5-6H2,1-2H3,(H,19,20). The molecule has 0 amide bonds. The van der Waals surface area contributed by atoms with Crippen LogP contribution in [-0.2, 0) is 11.0 Å². The van der Waals surface area contributed by atoms with E-state index in [9.17, 15) is 18.0 Å². The van der Waals surface area contributed by atoms with Crippen LogP contribution in [0.2, 0.25) is 0 Å². The van der Waals surface area contributed by atoms with Crippen LogP contribution >= 0.6 is 11.8 Å². The number of carboxylic acids is 1. The Morgan fingerprint density at radius 1 is 1.43 bits per heavy atom. The number of carboxylic acid groups (broad SMARTS) is 1. The second-order valence-corrected chi connectivity index (χ2v) is 5.85. The smallest absolute Gasteiger partial charge is 0.417 e. The van der Waals surface area contributed by atoms with Crippen LogP contribution in [0.15, 0.2) is 23.4 Å². The number of alkyl halides is 3. The Hall–Kier alpha value is -1.28. The molecule has 1 aromatic heterocycles. The summed E-state index contributed by atoms with van der Waals surface area (Å²) in [6.07, 6.45) is -3.25. The van der Waals surface area contributed by atoms with E-state index in [4.69, 9.17) is 5.11 Å². The van der Waals surface area contributed by atoms with Gasteiger partial charge in [0.1, 0.15) is 6.04 Å². The van der Waals surface area contributed by atoms with Crippen molar-refractivity contribution in [1.82, 2.24) is 10.3 Å². The number of aromatic nitrogens is 1. The average Bonchev–Trinajstić information content (AvgIpc) is 2.36. The highest BCUT2D eigenvalue weighted by Gasteiger charge is 2.30. The molecule has 1 unspecified atom stereocenters. The van der Waals surface area contributed by atoms with Gasteiger partial charge in [-0.05, 0) is 18.6 Å². The predicted octanol–water partition coefficient (Wildman–Crippen LogP) is 3.03. The van der Waals surface area contributed by atoms with Gasteiger partial charge in [0.05, 0.1) is 10.6 Å². The maximum atomic E-state index is 12.4. The van der Waals surface area contributed by atoms with E-state index >= 15 is 0 Å². The molecule has 0 fully saturated rings. The third-order valence-corrected chi connectivity index (χ3v) is 3.53. The molecule has 2 N–H and O–H groups in total. The molecular formula is C13H17F3N2O2S. The number of carbonyl (C=O) groups is 1. The molecular weight excluding hydrogens is 305 g/mol. The molecule has 4 nitrogen and oxygen atoms in total. The monoisotopic (exact) mass is 322 g/mol. The third-order valence-electron chi connectivity index (χ3n) is 2.55. The summed E-state index contributed by atoms with van der Waals surface area (Å²) >= 11 is 1.23. The van der Waals surface area contributed by atoms with Gasteiger partial charge in [0.25, 0.3) is 0 Å². The minimum atomic E-state index is -4.40. The van der Waals surface area contributed by atoms with Crippen molar-refractivity contribution in [2.45, 2.75) is 43.6 Å². The van der Waals surface area contributed by atoms with Crippen molar-refractivity contribution in [2.75, 3.05) is 5.75 Å². The Kier molecular flexibility index (Phi) is 6.47. The lowest BCUT2D eigenvalue weighted by Gasteiger charge is -2.16. The molecule has 0 aliphatic rings. The summed E-state index contributed by atoms with van der Waals surface area (Å²) in [6, 6.07) is 1.63. The van der Waals surface area contributed by atoms with Crippen molar-refractivity contribution < 1.29 is 23.1 Å². The number of hydrogen-bond donors (Lipinski definition) is 2. The predicted molar refractivity (Wildman–Crippen MR) is 74.3 cm³/mol. The third kappa shape index (κ3) is 6.34. The van der Waals surface area contributed by atoms with Crippen molar-refractivity contribution in [3.05, 3.63) is 23.9 Å². The van der Waals surface area contributed by atoms with E-state index in [2.05, 4.69) is 10.3 Å². The molecule has 1 aromatic rings. The molecule has 0 radical (unpaired) electrons. The molecule has 8 heteroatoms. The maximum absolute atomic E-state index is 12.4. The van der Waals surface area contributed by atoms with E-state index in [1.807, 2.05) is 13.8 Å². The number of hydrogen-bond acceptors (Lipinski definition) is 4. The summed E-state index contributed by atoms with van der Waals surface area (Å²) < 4.78 is 37.1. The second kappa shape index (κ2) is 7.65.